The zero-order chi connectivity index (χ0) is 11.0. The normalized spacial score (nSPS) is 18.1. The van der Waals surface area contributed by atoms with E-state index >= 15 is 0 Å². The molecule has 0 aliphatic carbocycles. The molecule has 0 amide bonds. The van der Waals surface area contributed by atoms with Crippen LogP contribution < -0.4 is 5.32 Å². The van der Waals surface area contributed by atoms with Gasteiger partial charge in [-0.25, -0.2) is 15.0 Å². The number of rotatable bonds is 1. The minimum absolute atomic E-state index is 0.529. The lowest BCUT2D eigenvalue weighted by atomic mass is 9.94. The van der Waals surface area contributed by atoms with Crippen molar-refractivity contribution >= 4 is 11.2 Å². The third-order valence-electron chi connectivity index (χ3n) is 3.25. The third kappa shape index (κ3) is 1.48. The van der Waals surface area contributed by atoms with Gasteiger partial charge in [0.05, 0.1) is 12.0 Å². The number of nitrogens with zero attached hydrogens (tertiary/aromatic N) is 4. The molecule has 3 rings (SSSR count). The van der Waals surface area contributed by atoms with Crippen molar-refractivity contribution in [1.29, 1.82) is 0 Å². The second-order valence-corrected chi connectivity index (χ2v) is 4.31. The second kappa shape index (κ2) is 3.83. The molecule has 0 saturated carbocycles. The van der Waals surface area contributed by atoms with Crippen molar-refractivity contribution in [2.24, 2.45) is 7.05 Å². The van der Waals surface area contributed by atoms with Crippen molar-refractivity contribution in [1.82, 2.24) is 24.8 Å². The first-order valence-electron chi connectivity index (χ1n) is 5.69. The van der Waals surface area contributed by atoms with Crippen LogP contribution >= 0.6 is 0 Å². The van der Waals surface area contributed by atoms with Crippen LogP contribution in [0.4, 0.5) is 0 Å². The summed E-state index contributed by atoms with van der Waals surface area (Å²) in [5, 5.41) is 3.37. The number of piperidine rings is 1. The number of hydrogen-bond acceptors (Lipinski definition) is 4. The van der Waals surface area contributed by atoms with E-state index in [1.807, 2.05) is 17.9 Å². The zero-order valence-corrected chi connectivity index (χ0v) is 9.35. The smallest absolute Gasteiger partial charge is 0.163 e. The molecule has 5 heteroatoms. The van der Waals surface area contributed by atoms with Gasteiger partial charge in [0.15, 0.2) is 5.65 Å². The van der Waals surface area contributed by atoms with Gasteiger partial charge in [0.25, 0.3) is 0 Å². The number of imidazole rings is 1. The minimum Gasteiger partial charge on any atom is -0.318 e. The monoisotopic (exact) mass is 217 g/mol. The fraction of sp³-hybridized carbons (Fsp3) is 0.545. The molecule has 2 aromatic rings. The van der Waals surface area contributed by atoms with Crippen molar-refractivity contribution in [2.75, 3.05) is 13.1 Å². The summed E-state index contributed by atoms with van der Waals surface area (Å²) in [5.41, 5.74) is 3.02. The average Bonchev–Trinajstić information content (AvgIpc) is 2.73. The molecule has 84 valence electrons. The van der Waals surface area contributed by atoms with E-state index in [0.717, 1.165) is 42.8 Å². The second-order valence-electron chi connectivity index (χ2n) is 4.31. The summed E-state index contributed by atoms with van der Waals surface area (Å²) >= 11 is 0. The van der Waals surface area contributed by atoms with E-state index in [0.29, 0.717) is 5.92 Å². The molecule has 0 bridgehead atoms. The highest BCUT2D eigenvalue weighted by Crippen LogP contribution is 2.27. The van der Waals surface area contributed by atoms with E-state index in [9.17, 15) is 0 Å². The highest BCUT2D eigenvalue weighted by atomic mass is 15.1. The molecule has 2 aromatic heterocycles. The molecule has 0 spiro atoms. The van der Waals surface area contributed by atoms with Gasteiger partial charge in [-0.3, -0.25) is 0 Å². The highest BCUT2D eigenvalue weighted by molar-refractivity contribution is 5.73. The summed E-state index contributed by atoms with van der Waals surface area (Å²) in [5.74, 6) is 0.529. The molecule has 5 nitrogen and oxygen atoms in total. The molecule has 0 radical (unpaired) electrons. The minimum atomic E-state index is 0.529. The van der Waals surface area contributed by atoms with Crippen molar-refractivity contribution in [3.05, 3.63) is 18.3 Å². The van der Waals surface area contributed by atoms with Gasteiger partial charge in [-0.1, -0.05) is 0 Å². The Morgan fingerprint density at radius 1 is 1.25 bits per heavy atom. The summed E-state index contributed by atoms with van der Waals surface area (Å²) < 4.78 is 1.95. The predicted octanol–water partition coefficient (Wildman–Crippen LogP) is 0.830. The number of aromatic nitrogens is 4. The SMILES string of the molecule is Cn1cnc2c(C3CCNCC3)ncnc21. The summed E-state index contributed by atoms with van der Waals surface area (Å²) in [4.78, 5) is 13.1. The molecular weight excluding hydrogens is 202 g/mol. The van der Waals surface area contributed by atoms with Crippen molar-refractivity contribution in [2.45, 2.75) is 18.8 Å². The maximum atomic E-state index is 4.43. The Labute approximate surface area is 93.9 Å². The van der Waals surface area contributed by atoms with Crippen LogP contribution in [0, 0.1) is 0 Å². The average molecular weight is 217 g/mol. The molecule has 0 atom stereocenters. The molecule has 1 aliphatic rings. The third-order valence-corrected chi connectivity index (χ3v) is 3.25. The molecule has 1 aliphatic heterocycles. The number of fused-ring (bicyclic) bond motifs is 1. The maximum absolute atomic E-state index is 4.43. The van der Waals surface area contributed by atoms with E-state index < -0.39 is 0 Å². The van der Waals surface area contributed by atoms with Crippen LogP contribution in [0.25, 0.3) is 11.2 Å². The van der Waals surface area contributed by atoms with Crippen LogP contribution in [0.3, 0.4) is 0 Å². The first-order valence-corrected chi connectivity index (χ1v) is 5.69. The van der Waals surface area contributed by atoms with E-state index in [-0.39, 0.29) is 0 Å². The van der Waals surface area contributed by atoms with E-state index in [2.05, 4.69) is 20.3 Å². The van der Waals surface area contributed by atoms with E-state index in [1.165, 1.54) is 0 Å². The summed E-state index contributed by atoms with van der Waals surface area (Å²) in [7, 11) is 1.97. The van der Waals surface area contributed by atoms with Gasteiger partial charge in [0.2, 0.25) is 0 Å². The Bertz CT molecular complexity index is 498. The highest BCUT2D eigenvalue weighted by Gasteiger charge is 2.20. The largest absolute Gasteiger partial charge is 0.318 e. The summed E-state index contributed by atoms with van der Waals surface area (Å²) in [6.45, 7) is 2.14. The molecule has 16 heavy (non-hydrogen) atoms. The number of hydrogen-bond donors (Lipinski definition) is 1. The predicted molar refractivity (Wildman–Crippen MR) is 61.1 cm³/mol. The zero-order valence-electron chi connectivity index (χ0n) is 9.35. The van der Waals surface area contributed by atoms with E-state index in [4.69, 9.17) is 0 Å². The Balaban J connectivity index is 2.08. The fourth-order valence-corrected chi connectivity index (χ4v) is 2.36. The Hall–Kier alpha value is -1.49. The number of aryl methyl sites for hydroxylation is 1. The van der Waals surface area contributed by atoms with Crippen LogP contribution in [0.5, 0.6) is 0 Å². The Morgan fingerprint density at radius 3 is 2.88 bits per heavy atom. The van der Waals surface area contributed by atoms with Crippen molar-refractivity contribution in [3.63, 3.8) is 0 Å². The van der Waals surface area contributed by atoms with Gasteiger partial charge in [0, 0.05) is 13.0 Å². The van der Waals surface area contributed by atoms with Crippen LogP contribution in [-0.4, -0.2) is 32.6 Å². The van der Waals surface area contributed by atoms with Gasteiger partial charge in [0.1, 0.15) is 11.8 Å². The first kappa shape index (κ1) is 9.72. The Kier molecular flexibility index (Phi) is 2.32. The lowest BCUT2D eigenvalue weighted by molar-refractivity contribution is 0.455. The van der Waals surface area contributed by atoms with Gasteiger partial charge < -0.3 is 9.88 Å². The summed E-state index contributed by atoms with van der Waals surface area (Å²) in [6.07, 6.45) is 5.75. The van der Waals surface area contributed by atoms with Crippen molar-refractivity contribution in [3.8, 4) is 0 Å². The van der Waals surface area contributed by atoms with Crippen LogP contribution in [0.2, 0.25) is 0 Å². The van der Waals surface area contributed by atoms with Crippen molar-refractivity contribution < 1.29 is 0 Å². The molecule has 1 N–H and O–H groups in total. The standard InChI is InChI=1S/C11H15N5/c1-16-7-15-10-9(13-6-14-11(10)16)8-2-4-12-5-3-8/h6-8,12H,2-5H2,1H3. The topological polar surface area (TPSA) is 55.6 Å². The quantitative estimate of drug-likeness (QED) is 0.768. The van der Waals surface area contributed by atoms with Gasteiger partial charge in [-0.15, -0.1) is 0 Å². The van der Waals surface area contributed by atoms with Crippen LogP contribution in [-0.2, 0) is 7.05 Å². The molecule has 0 unspecified atom stereocenters. The molecule has 1 fully saturated rings. The van der Waals surface area contributed by atoms with Crippen LogP contribution in [0.15, 0.2) is 12.7 Å². The lowest BCUT2D eigenvalue weighted by Crippen LogP contribution is -2.27. The van der Waals surface area contributed by atoms with Gasteiger partial charge >= 0.3 is 0 Å². The van der Waals surface area contributed by atoms with Gasteiger partial charge in [-0.05, 0) is 25.9 Å². The maximum Gasteiger partial charge on any atom is 0.163 e. The summed E-state index contributed by atoms with van der Waals surface area (Å²) in [6, 6.07) is 0. The fourth-order valence-electron chi connectivity index (χ4n) is 2.36. The molecule has 1 saturated heterocycles. The molecule has 0 aromatic carbocycles. The molecule has 3 heterocycles. The number of nitrogens with one attached hydrogen (secondary N) is 1. The van der Waals surface area contributed by atoms with Crippen LogP contribution in [0.1, 0.15) is 24.5 Å². The van der Waals surface area contributed by atoms with Gasteiger partial charge in [-0.2, -0.15) is 0 Å². The first-order chi connectivity index (χ1) is 7.86. The lowest BCUT2D eigenvalue weighted by Gasteiger charge is -2.21. The van der Waals surface area contributed by atoms with E-state index in [1.54, 1.807) is 6.33 Å². The Morgan fingerprint density at radius 2 is 2.06 bits per heavy atom. The molecular formula is C11H15N5.